The van der Waals surface area contributed by atoms with Crippen LogP contribution in [0.15, 0.2) is 0 Å². The maximum atomic E-state index is 9.99. The Labute approximate surface area is 111 Å². The van der Waals surface area contributed by atoms with Crippen molar-refractivity contribution in [2.24, 2.45) is 11.5 Å². The van der Waals surface area contributed by atoms with Crippen LogP contribution in [0.4, 0.5) is 0 Å². The van der Waals surface area contributed by atoms with Gasteiger partial charge in [0.2, 0.25) is 0 Å². The van der Waals surface area contributed by atoms with Crippen LogP contribution < -0.4 is 11.5 Å². The van der Waals surface area contributed by atoms with Gasteiger partial charge in [-0.15, -0.1) is 0 Å². The molecule has 8 nitrogen and oxygen atoms in total. The molecule has 0 radical (unpaired) electrons. The van der Waals surface area contributed by atoms with Crippen molar-refractivity contribution in [1.82, 2.24) is 0 Å². The summed E-state index contributed by atoms with van der Waals surface area (Å²) in [7, 11) is 0. The molecule has 0 aromatic carbocycles. The van der Waals surface area contributed by atoms with E-state index in [0.29, 0.717) is 6.54 Å². The number of hydrogen-bond acceptors (Lipinski definition) is 5. The smallest absolute Gasteiger partial charge is 0.320 e. The Morgan fingerprint density at radius 3 is 1.79 bits per heavy atom. The van der Waals surface area contributed by atoms with Crippen LogP contribution in [0, 0.1) is 0 Å². The van der Waals surface area contributed by atoms with Crippen molar-refractivity contribution < 1.29 is 29.7 Å². The number of carbonyl (C=O) groups is 3. The first-order valence-electron chi connectivity index (χ1n) is 5.93. The van der Waals surface area contributed by atoms with E-state index >= 15 is 0 Å². The maximum Gasteiger partial charge on any atom is 0.320 e. The molecule has 0 aromatic heterocycles. The predicted molar refractivity (Wildman–Crippen MR) is 67.6 cm³/mol. The van der Waals surface area contributed by atoms with E-state index in [0.717, 1.165) is 19.3 Å². The highest BCUT2D eigenvalue weighted by Crippen LogP contribution is 1.97. The van der Waals surface area contributed by atoms with Crippen LogP contribution in [0.5, 0.6) is 0 Å². The summed E-state index contributed by atoms with van der Waals surface area (Å²) < 4.78 is 0. The van der Waals surface area contributed by atoms with Gasteiger partial charge in [-0.3, -0.25) is 14.4 Å². The Morgan fingerprint density at radius 2 is 1.42 bits per heavy atom. The fourth-order valence-electron chi connectivity index (χ4n) is 1.000. The van der Waals surface area contributed by atoms with Crippen molar-refractivity contribution >= 4 is 17.9 Å². The van der Waals surface area contributed by atoms with E-state index in [1.54, 1.807) is 0 Å². The van der Waals surface area contributed by atoms with Crippen LogP contribution in [-0.2, 0) is 14.4 Å². The minimum Gasteiger partial charge on any atom is -0.481 e. The number of carboxylic acid groups (broad SMARTS) is 3. The predicted octanol–water partition coefficient (Wildman–Crippen LogP) is -0.147. The second-order valence-electron chi connectivity index (χ2n) is 3.87. The molecule has 0 fully saturated rings. The molecule has 7 N–H and O–H groups in total. The third-order valence-electron chi connectivity index (χ3n) is 2.08. The van der Waals surface area contributed by atoms with Crippen molar-refractivity contribution in [3.63, 3.8) is 0 Å². The molecule has 112 valence electrons. The number of hydrogen-bond donors (Lipinski definition) is 5. The van der Waals surface area contributed by atoms with Gasteiger partial charge in [-0.2, -0.15) is 0 Å². The standard InChI is InChI=1S/C6H13NO2.C5H9NO4/c7-5-3-1-2-4-6(8)9;6-3(5(9)10)1-2-4(7)8/h1-5,7H2,(H,8,9);3H,1-2,6H2,(H,7,8)(H,9,10). The van der Waals surface area contributed by atoms with Crippen LogP contribution >= 0.6 is 0 Å². The lowest BCUT2D eigenvalue weighted by atomic mass is 10.2. The molecule has 0 saturated carbocycles. The highest BCUT2D eigenvalue weighted by Gasteiger charge is 2.12. The molecule has 1 atom stereocenters. The van der Waals surface area contributed by atoms with Crippen molar-refractivity contribution in [2.75, 3.05) is 6.54 Å². The van der Waals surface area contributed by atoms with Gasteiger partial charge in [-0.05, 0) is 25.8 Å². The third-order valence-corrected chi connectivity index (χ3v) is 2.08. The lowest BCUT2D eigenvalue weighted by Gasteiger charge is -2.01. The summed E-state index contributed by atoms with van der Waals surface area (Å²) in [5.41, 5.74) is 10.2. The SMILES string of the molecule is NC(CCC(=O)O)C(=O)O.NCCCCCC(=O)O. The van der Waals surface area contributed by atoms with Crippen LogP contribution in [0.3, 0.4) is 0 Å². The fourth-order valence-corrected chi connectivity index (χ4v) is 1.000. The summed E-state index contributed by atoms with van der Waals surface area (Å²) in [6.07, 6.45) is 2.68. The molecule has 0 spiro atoms. The topological polar surface area (TPSA) is 164 Å². The Bertz CT molecular complexity index is 282. The van der Waals surface area contributed by atoms with E-state index in [9.17, 15) is 14.4 Å². The van der Waals surface area contributed by atoms with Gasteiger partial charge in [0.05, 0.1) is 0 Å². The molecule has 0 aliphatic rings. The van der Waals surface area contributed by atoms with Gasteiger partial charge in [0.25, 0.3) is 0 Å². The molecule has 0 aliphatic carbocycles. The number of carboxylic acids is 3. The fraction of sp³-hybridized carbons (Fsp3) is 0.727. The summed E-state index contributed by atoms with van der Waals surface area (Å²) >= 11 is 0. The first-order valence-corrected chi connectivity index (χ1v) is 5.93. The number of rotatable bonds is 9. The third kappa shape index (κ3) is 18.9. The second kappa shape index (κ2) is 12.8. The van der Waals surface area contributed by atoms with Gasteiger partial charge >= 0.3 is 17.9 Å². The summed E-state index contributed by atoms with van der Waals surface area (Å²) in [5, 5.41) is 24.5. The van der Waals surface area contributed by atoms with Gasteiger partial charge in [0, 0.05) is 12.8 Å². The van der Waals surface area contributed by atoms with Gasteiger partial charge < -0.3 is 26.8 Å². The molecule has 19 heavy (non-hydrogen) atoms. The maximum absolute atomic E-state index is 9.99. The van der Waals surface area contributed by atoms with Gasteiger partial charge in [-0.25, -0.2) is 0 Å². The summed E-state index contributed by atoms with van der Waals surface area (Å²) in [4.78, 5) is 29.8. The monoisotopic (exact) mass is 278 g/mol. The van der Waals surface area contributed by atoms with E-state index in [4.69, 9.17) is 26.8 Å². The Kier molecular flexibility index (Phi) is 13.2. The largest absolute Gasteiger partial charge is 0.481 e. The molecule has 0 aromatic rings. The van der Waals surface area contributed by atoms with Crippen LogP contribution in [0.25, 0.3) is 0 Å². The van der Waals surface area contributed by atoms with Crippen molar-refractivity contribution in [3.8, 4) is 0 Å². The molecule has 0 amide bonds. The van der Waals surface area contributed by atoms with Gasteiger partial charge in [-0.1, -0.05) is 6.42 Å². The van der Waals surface area contributed by atoms with Crippen molar-refractivity contribution in [3.05, 3.63) is 0 Å². The quantitative estimate of drug-likeness (QED) is 0.363. The zero-order valence-corrected chi connectivity index (χ0v) is 10.7. The minimum absolute atomic E-state index is 0.0231. The summed E-state index contributed by atoms with van der Waals surface area (Å²) in [5.74, 6) is -2.91. The van der Waals surface area contributed by atoms with Crippen molar-refractivity contribution in [1.29, 1.82) is 0 Å². The number of nitrogens with two attached hydrogens (primary N) is 2. The van der Waals surface area contributed by atoms with E-state index < -0.39 is 23.9 Å². The normalized spacial score (nSPS) is 11.1. The molecule has 1 unspecified atom stereocenters. The first-order chi connectivity index (χ1) is 8.81. The molecule has 0 aliphatic heterocycles. The van der Waals surface area contributed by atoms with Crippen LogP contribution in [0.1, 0.15) is 38.5 Å². The molecule has 0 saturated heterocycles. The highest BCUT2D eigenvalue weighted by atomic mass is 16.4. The van der Waals surface area contributed by atoms with Gasteiger partial charge in [0.15, 0.2) is 0 Å². The van der Waals surface area contributed by atoms with E-state index in [-0.39, 0.29) is 19.3 Å². The van der Waals surface area contributed by atoms with Crippen LogP contribution in [0.2, 0.25) is 0 Å². The Hall–Kier alpha value is -1.67. The highest BCUT2D eigenvalue weighted by molar-refractivity contribution is 5.74. The molecule has 0 heterocycles. The summed E-state index contributed by atoms with van der Waals surface area (Å²) in [6.45, 7) is 0.666. The van der Waals surface area contributed by atoms with E-state index in [1.807, 2.05) is 0 Å². The van der Waals surface area contributed by atoms with Gasteiger partial charge in [0.1, 0.15) is 6.04 Å². The zero-order chi connectivity index (χ0) is 15.3. The molecule has 0 bridgehead atoms. The Morgan fingerprint density at radius 1 is 0.895 bits per heavy atom. The lowest BCUT2D eigenvalue weighted by molar-refractivity contribution is -0.140. The molecular weight excluding hydrogens is 256 g/mol. The van der Waals surface area contributed by atoms with Crippen molar-refractivity contribution in [2.45, 2.75) is 44.6 Å². The molecule has 8 heteroatoms. The number of unbranched alkanes of at least 4 members (excludes halogenated alkanes) is 2. The minimum atomic E-state index is -1.17. The lowest BCUT2D eigenvalue weighted by Crippen LogP contribution is -2.30. The van der Waals surface area contributed by atoms with Crippen LogP contribution in [-0.4, -0.2) is 45.8 Å². The Balaban J connectivity index is 0. The second-order valence-corrected chi connectivity index (χ2v) is 3.87. The summed E-state index contributed by atoms with van der Waals surface area (Å²) in [6, 6.07) is -1.06. The molecule has 0 rings (SSSR count). The average Bonchev–Trinajstić information content (AvgIpc) is 2.32. The zero-order valence-electron chi connectivity index (χ0n) is 10.7. The van der Waals surface area contributed by atoms with E-state index in [2.05, 4.69) is 0 Å². The first kappa shape index (κ1) is 19.7. The average molecular weight is 278 g/mol. The van der Waals surface area contributed by atoms with E-state index in [1.165, 1.54) is 0 Å². The number of aliphatic carboxylic acids is 3. The molecular formula is C11H22N2O6.